The van der Waals surface area contributed by atoms with Crippen molar-refractivity contribution < 1.29 is 8.98 Å². The van der Waals surface area contributed by atoms with Crippen LogP contribution in [-0.4, -0.2) is 23.0 Å². The van der Waals surface area contributed by atoms with E-state index in [1.807, 2.05) is 36.0 Å². The maximum absolute atomic E-state index is 6.06. The van der Waals surface area contributed by atoms with Crippen molar-refractivity contribution in [3.05, 3.63) is 96.3 Å². The Labute approximate surface area is 188 Å². The van der Waals surface area contributed by atoms with Crippen LogP contribution < -0.4 is 9.47 Å². The lowest BCUT2D eigenvalue weighted by Gasteiger charge is -2.39. The highest BCUT2D eigenvalue weighted by atomic mass is 16.3. The summed E-state index contributed by atoms with van der Waals surface area (Å²) in [4.78, 5) is 9.45. The molecule has 4 aromatic rings. The molecule has 0 spiro atoms. The van der Waals surface area contributed by atoms with Crippen LogP contribution in [0.4, 0.5) is 11.4 Å². The van der Waals surface area contributed by atoms with E-state index in [0.29, 0.717) is 5.89 Å². The van der Waals surface area contributed by atoms with Gasteiger partial charge in [0.2, 0.25) is 5.58 Å². The lowest BCUT2D eigenvalue weighted by atomic mass is 9.97. The molecule has 0 atom stereocenters. The average Bonchev–Trinajstić information content (AvgIpc) is 3.24. The van der Waals surface area contributed by atoms with Gasteiger partial charge in [0.25, 0.3) is 0 Å². The zero-order chi connectivity index (χ0) is 22.1. The molecule has 0 bridgehead atoms. The van der Waals surface area contributed by atoms with Gasteiger partial charge in [-0.15, -0.1) is 0 Å². The molecule has 32 heavy (non-hydrogen) atoms. The second-order valence-electron chi connectivity index (χ2n) is 7.82. The van der Waals surface area contributed by atoms with E-state index in [1.165, 1.54) is 0 Å². The van der Waals surface area contributed by atoms with Crippen molar-refractivity contribution in [2.45, 2.75) is 13.8 Å². The van der Waals surface area contributed by atoms with Gasteiger partial charge in [-0.25, -0.2) is 4.57 Å². The Hall–Kier alpha value is -3.86. The molecule has 0 saturated heterocycles. The molecule has 5 nitrogen and oxygen atoms in total. The van der Waals surface area contributed by atoms with Crippen LogP contribution >= 0.6 is 0 Å². The van der Waals surface area contributed by atoms with Crippen molar-refractivity contribution in [1.29, 1.82) is 0 Å². The van der Waals surface area contributed by atoms with Crippen molar-refractivity contribution in [3.8, 4) is 0 Å². The number of hydrogen-bond donors (Lipinski definition) is 0. The molecular formula is C27H27N4O+. The number of benzene rings is 2. The topological polar surface area (TPSA) is 36.4 Å². The number of hydrogen-bond acceptors (Lipinski definition) is 4. The second-order valence-corrected chi connectivity index (χ2v) is 7.82. The first kappa shape index (κ1) is 20.1. The van der Waals surface area contributed by atoms with Crippen LogP contribution in [0.3, 0.4) is 0 Å². The van der Waals surface area contributed by atoms with E-state index in [4.69, 9.17) is 9.40 Å². The van der Waals surface area contributed by atoms with Crippen molar-refractivity contribution in [1.82, 2.24) is 9.88 Å². The third-order valence-corrected chi connectivity index (χ3v) is 5.89. The van der Waals surface area contributed by atoms with E-state index in [9.17, 15) is 0 Å². The van der Waals surface area contributed by atoms with Crippen LogP contribution in [0.15, 0.2) is 89.2 Å². The van der Waals surface area contributed by atoms with Crippen LogP contribution in [0.25, 0.3) is 22.9 Å². The number of allylic oxidation sites excluding steroid dienone is 2. The minimum Gasteiger partial charge on any atom is -0.411 e. The quantitative estimate of drug-likeness (QED) is 0.396. The standard InChI is InChI=1S/C27H27N4O/c1-4-30(5-2)26-19-20(18-25-28-27-24(32-25)16-11-17-29(27)3)22-14-9-10-15-23(22)31(26)21-12-7-6-8-13-21/h6-19H,4-5H2,1-3H3/q+1. The van der Waals surface area contributed by atoms with Crippen LogP contribution in [0.1, 0.15) is 25.3 Å². The maximum Gasteiger partial charge on any atom is 0.370 e. The Morgan fingerprint density at radius 3 is 2.47 bits per heavy atom. The highest BCUT2D eigenvalue weighted by Gasteiger charge is 2.27. The molecule has 0 unspecified atom stereocenters. The SMILES string of the molecule is CCN(CC)C1=C/C(=C\c2nc3c(ccc[n+]3C)o2)c2ccccc2N1c1ccccc1. The van der Waals surface area contributed by atoms with Gasteiger partial charge in [0, 0.05) is 35.4 Å². The summed E-state index contributed by atoms with van der Waals surface area (Å²) in [5.74, 6) is 1.75. The number of nitrogens with zero attached hydrogens (tertiary/aromatic N) is 4. The summed E-state index contributed by atoms with van der Waals surface area (Å²) < 4.78 is 8.04. The third-order valence-electron chi connectivity index (χ3n) is 5.89. The highest BCUT2D eigenvalue weighted by Crippen LogP contribution is 2.42. The smallest absolute Gasteiger partial charge is 0.370 e. The van der Waals surface area contributed by atoms with E-state index >= 15 is 0 Å². The van der Waals surface area contributed by atoms with Crippen molar-refractivity contribution in [2.75, 3.05) is 18.0 Å². The van der Waals surface area contributed by atoms with Crippen LogP contribution in [-0.2, 0) is 7.05 Å². The van der Waals surface area contributed by atoms with E-state index in [0.717, 1.165) is 52.7 Å². The monoisotopic (exact) mass is 423 g/mol. The van der Waals surface area contributed by atoms with Gasteiger partial charge in [-0.1, -0.05) is 36.4 Å². The molecule has 0 fully saturated rings. The number of pyridine rings is 1. The molecule has 2 aromatic carbocycles. The number of aryl methyl sites for hydroxylation is 1. The van der Waals surface area contributed by atoms with Gasteiger partial charge in [0.15, 0.2) is 0 Å². The van der Waals surface area contributed by atoms with E-state index < -0.39 is 0 Å². The zero-order valence-corrected chi connectivity index (χ0v) is 18.7. The number of para-hydroxylation sites is 2. The van der Waals surface area contributed by atoms with Gasteiger partial charge in [0.1, 0.15) is 5.82 Å². The first-order valence-electron chi connectivity index (χ1n) is 11.1. The molecular weight excluding hydrogens is 396 g/mol. The first-order valence-corrected chi connectivity index (χ1v) is 11.1. The molecule has 1 aliphatic rings. The molecule has 3 heterocycles. The summed E-state index contributed by atoms with van der Waals surface area (Å²) in [6.07, 6.45) is 6.27. The molecule has 5 rings (SSSR count). The van der Waals surface area contributed by atoms with Crippen molar-refractivity contribution in [2.24, 2.45) is 7.05 Å². The predicted molar refractivity (Wildman–Crippen MR) is 129 cm³/mol. The van der Waals surface area contributed by atoms with E-state index in [-0.39, 0.29) is 0 Å². The third kappa shape index (κ3) is 3.46. The van der Waals surface area contributed by atoms with Gasteiger partial charge in [-0.3, -0.25) is 4.90 Å². The van der Waals surface area contributed by atoms with Gasteiger partial charge < -0.3 is 9.32 Å². The fraction of sp³-hybridized carbons (Fsp3) is 0.185. The van der Waals surface area contributed by atoms with Gasteiger partial charge >= 0.3 is 11.5 Å². The number of anilines is 2. The summed E-state index contributed by atoms with van der Waals surface area (Å²) in [7, 11) is 1.98. The zero-order valence-electron chi connectivity index (χ0n) is 18.7. The highest BCUT2D eigenvalue weighted by molar-refractivity contribution is 5.97. The molecule has 2 aromatic heterocycles. The number of oxazole rings is 1. The summed E-state index contributed by atoms with van der Waals surface area (Å²) in [5.41, 5.74) is 6.15. The fourth-order valence-corrected chi connectivity index (χ4v) is 4.29. The van der Waals surface area contributed by atoms with Gasteiger partial charge in [0.05, 0.1) is 18.9 Å². The molecule has 0 N–H and O–H groups in total. The molecule has 0 aliphatic carbocycles. The van der Waals surface area contributed by atoms with Crippen molar-refractivity contribution in [3.63, 3.8) is 0 Å². The Morgan fingerprint density at radius 2 is 1.72 bits per heavy atom. The number of fused-ring (bicyclic) bond motifs is 2. The average molecular weight is 424 g/mol. The lowest BCUT2D eigenvalue weighted by Crippen LogP contribution is -2.34. The Morgan fingerprint density at radius 1 is 0.969 bits per heavy atom. The van der Waals surface area contributed by atoms with E-state index in [2.05, 4.69) is 84.3 Å². The molecule has 0 saturated carbocycles. The molecule has 5 heteroatoms. The summed E-state index contributed by atoms with van der Waals surface area (Å²) in [6.45, 7) is 6.22. The van der Waals surface area contributed by atoms with E-state index in [1.54, 1.807) is 0 Å². The normalized spacial score (nSPS) is 14.5. The molecule has 160 valence electrons. The summed E-state index contributed by atoms with van der Waals surface area (Å²) >= 11 is 0. The Bertz CT molecular complexity index is 1320. The summed E-state index contributed by atoms with van der Waals surface area (Å²) in [6, 6.07) is 23.0. The van der Waals surface area contributed by atoms with Crippen LogP contribution in [0.2, 0.25) is 0 Å². The summed E-state index contributed by atoms with van der Waals surface area (Å²) in [5, 5.41) is 0. The number of aromatic nitrogens is 2. The number of rotatable bonds is 5. The van der Waals surface area contributed by atoms with Crippen LogP contribution in [0, 0.1) is 0 Å². The largest absolute Gasteiger partial charge is 0.411 e. The lowest BCUT2D eigenvalue weighted by molar-refractivity contribution is -0.646. The van der Waals surface area contributed by atoms with Gasteiger partial charge in [-0.2, -0.15) is 0 Å². The molecule has 0 radical (unpaired) electrons. The Kier molecular flexibility index (Phi) is 5.23. The van der Waals surface area contributed by atoms with Gasteiger partial charge in [-0.05, 0) is 55.8 Å². The second kappa shape index (κ2) is 8.35. The fourth-order valence-electron chi connectivity index (χ4n) is 4.29. The molecule has 1 aliphatic heterocycles. The minimum absolute atomic E-state index is 0.606. The predicted octanol–water partition coefficient (Wildman–Crippen LogP) is 5.53. The molecule has 0 amide bonds. The maximum atomic E-state index is 6.06. The van der Waals surface area contributed by atoms with Crippen molar-refractivity contribution >= 4 is 34.3 Å². The Balaban J connectivity index is 1.71. The minimum atomic E-state index is 0.606. The first-order chi connectivity index (χ1) is 15.7. The van der Waals surface area contributed by atoms with Crippen LogP contribution in [0.5, 0.6) is 0 Å².